The summed E-state index contributed by atoms with van der Waals surface area (Å²) in [5, 5.41) is -0.460. The maximum absolute atomic E-state index is 12.4. The topological polar surface area (TPSA) is 60.2 Å². The minimum Gasteiger partial charge on any atom is -0.398 e. The normalized spacial score (nSPS) is 11.7. The lowest BCUT2D eigenvalue weighted by Crippen LogP contribution is -2.15. The van der Waals surface area contributed by atoms with Gasteiger partial charge >= 0.3 is 0 Å². The van der Waals surface area contributed by atoms with Crippen molar-refractivity contribution in [2.24, 2.45) is 0 Å². The molecule has 2 N–H and O–H groups in total. The van der Waals surface area contributed by atoms with E-state index < -0.39 is 15.1 Å². The van der Waals surface area contributed by atoms with Crippen LogP contribution in [0, 0.1) is 0 Å². The molecule has 19 heavy (non-hydrogen) atoms. The van der Waals surface area contributed by atoms with Crippen molar-refractivity contribution in [2.75, 3.05) is 5.73 Å². The number of nitrogen functional groups attached to an aromatic ring is 1. The van der Waals surface area contributed by atoms with Gasteiger partial charge in [0.25, 0.3) is 0 Å². The molecule has 0 saturated heterocycles. The van der Waals surface area contributed by atoms with E-state index in [9.17, 15) is 8.42 Å². The standard InChI is InChI=1S/C15H17NO2S/c1-11(2)19(17,18)15-10-6-4-8-13(15)12-7-3-5-9-14(12)16/h3-11H,16H2,1-2H3. The van der Waals surface area contributed by atoms with Gasteiger partial charge in [-0.15, -0.1) is 0 Å². The van der Waals surface area contributed by atoms with Crippen LogP contribution < -0.4 is 5.73 Å². The molecule has 0 heterocycles. The summed E-state index contributed by atoms with van der Waals surface area (Å²) in [6.07, 6.45) is 0. The molecule has 0 aliphatic heterocycles. The van der Waals surface area contributed by atoms with E-state index in [1.165, 1.54) is 0 Å². The van der Waals surface area contributed by atoms with Gasteiger partial charge in [0.1, 0.15) is 0 Å². The number of nitrogens with two attached hydrogens (primary N) is 1. The molecule has 2 aromatic carbocycles. The van der Waals surface area contributed by atoms with Crippen LogP contribution in [0.4, 0.5) is 5.69 Å². The average molecular weight is 275 g/mol. The first-order valence-electron chi connectivity index (χ1n) is 6.12. The number of hydrogen-bond acceptors (Lipinski definition) is 3. The van der Waals surface area contributed by atoms with E-state index in [1.54, 1.807) is 38.1 Å². The van der Waals surface area contributed by atoms with Gasteiger partial charge in [-0.3, -0.25) is 0 Å². The molecule has 2 aromatic rings. The zero-order valence-electron chi connectivity index (χ0n) is 11.0. The van der Waals surface area contributed by atoms with Crippen molar-refractivity contribution in [2.45, 2.75) is 24.0 Å². The fourth-order valence-corrected chi connectivity index (χ4v) is 3.19. The molecule has 3 nitrogen and oxygen atoms in total. The van der Waals surface area contributed by atoms with Crippen molar-refractivity contribution in [1.29, 1.82) is 0 Å². The van der Waals surface area contributed by atoms with Crippen LogP contribution in [0.15, 0.2) is 53.4 Å². The highest BCUT2D eigenvalue weighted by Gasteiger charge is 2.23. The predicted octanol–water partition coefficient (Wildman–Crippen LogP) is 3.12. The van der Waals surface area contributed by atoms with Gasteiger partial charge in [0.2, 0.25) is 0 Å². The summed E-state index contributed by atoms with van der Waals surface area (Å²) in [5.41, 5.74) is 7.94. The summed E-state index contributed by atoms with van der Waals surface area (Å²) in [4.78, 5) is 0.336. The Morgan fingerprint density at radius 1 is 0.895 bits per heavy atom. The van der Waals surface area contributed by atoms with E-state index >= 15 is 0 Å². The van der Waals surface area contributed by atoms with Crippen molar-refractivity contribution >= 4 is 15.5 Å². The quantitative estimate of drug-likeness (QED) is 0.875. The van der Waals surface area contributed by atoms with Crippen LogP contribution in [0.1, 0.15) is 13.8 Å². The van der Waals surface area contributed by atoms with Gasteiger partial charge in [-0.1, -0.05) is 36.4 Å². The number of para-hydroxylation sites is 1. The zero-order chi connectivity index (χ0) is 14.0. The highest BCUT2D eigenvalue weighted by molar-refractivity contribution is 7.92. The Hall–Kier alpha value is -1.81. The molecule has 0 atom stereocenters. The van der Waals surface area contributed by atoms with E-state index in [0.29, 0.717) is 16.1 Å². The van der Waals surface area contributed by atoms with Gasteiger partial charge < -0.3 is 5.73 Å². The Labute approximate surface area is 114 Å². The van der Waals surface area contributed by atoms with Crippen molar-refractivity contribution < 1.29 is 8.42 Å². The molecule has 0 spiro atoms. The Morgan fingerprint density at radius 2 is 1.42 bits per heavy atom. The van der Waals surface area contributed by atoms with Gasteiger partial charge in [-0.25, -0.2) is 8.42 Å². The molecule has 0 aliphatic rings. The predicted molar refractivity (Wildman–Crippen MR) is 78.6 cm³/mol. The number of sulfone groups is 1. The number of benzene rings is 2. The summed E-state index contributed by atoms with van der Waals surface area (Å²) >= 11 is 0. The lowest BCUT2D eigenvalue weighted by molar-refractivity contribution is 0.587. The van der Waals surface area contributed by atoms with E-state index in [-0.39, 0.29) is 0 Å². The maximum Gasteiger partial charge on any atom is 0.181 e. The largest absolute Gasteiger partial charge is 0.398 e. The minimum atomic E-state index is -3.33. The summed E-state index contributed by atoms with van der Waals surface area (Å²) in [5.74, 6) is 0. The zero-order valence-corrected chi connectivity index (χ0v) is 11.8. The molecular formula is C15H17NO2S. The van der Waals surface area contributed by atoms with Gasteiger partial charge in [0, 0.05) is 16.8 Å². The van der Waals surface area contributed by atoms with E-state index in [1.807, 2.05) is 24.3 Å². The second kappa shape index (κ2) is 5.05. The monoisotopic (exact) mass is 275 g/mol. The van der Waals surface area contributed by atoms with Gasteiger partial charge in [-0.2, -0.15) is 0 Å². The van der Waals surface area contributed by atoms with E-state index in [2.05, 4.69) is 0 Å². The molecule has 0 amide bonds. The first-order chi connectivity index (χ1) is 8.94. The Balaban J connectivity index is 2.71. The SMILES string of the molecule is CC(C)S(=O)(=O)c1ccccc1-c1ccccc1N. The molecule has 0 radical (unpaired) electrons. The summed E-state index contributed by atoms with van der Waals surface area (Å²) < 4.78 is 24.8. The Morgan fingerprint density at radius 3 is 2.00 bits per heavy atom. The number of rotatable bonds is 3. The third-order valence-corrected chi connectivity index (χ3v) is 5.28. The highest BCUT2D eigenvalue weighted by Crippen LogP contribution is 2.32. The fraction of sp³-hybridized carbons (Fsp3) is 0.200. The van der Waals surface area contributed by atoms with Crippen LogP contribution in [0.3, 0.4) is 0 Å². The Kier molecular flexibility index (Phi) is 3.62. The van der Waals surface area contributed by atoms with Gasteiger partial charge in [0.05, 0.1) is 10.1 Å². The molecule has 0 fully saturated rings. The van der Waals surface area contributed by atoms with Crippen molar-refractivity contribution in [3.8, 4) is 11.1 Å². The average Bonchev–Trinajstić information content (AvgIpc) is 2.39. The van der Waals surface area contributed by atoms with Gasteiger partial charge in [-0.05, 0) is 26.0 Å². The third kappa shape index (κ3) is 2.49. The molecule has 4 heteroatoms. The second-order valence-electron chi connectivity index (χ2n) is 4.68. The van der Waals surface area contributed by atoms with Crippen molar-refractivity contribution in [3.63, 3.8) is 0 Å². The molecule has 0 unspecified atom stereocenters. The second-order valence-corrected chi connectivity index (χ2v) is 7.15. The Bertz CT molecular complexity index is 691. The van der Waals surface area contributed by atoms with Crippen LogP contribution in [0.2, 0.25) is 0 Å². The molecular weight excluding hydrogens is 258 g/mol. The van der Waals surface area contributed by atoms with Crippen molar-refractivity contribution in [1.82, 2.24) is 0 Å². The lowest BCUT2D eigenvalue weighted by Gasteiger charge is -2.14. The molecule has 100 valence electrons. The smallest absolute Gasteiger partial charge is 0.181 e. The molecule has 2 rings (SSSR count). The fourth-order valence-electron chi connectivity index (χ4n) is 1.93. The molecule has 0 aliphatic carbocycles. The highest BCUT2D eigenvalue weighted by atomic mass is 32.2. The molecule has 0 bridgehead atoms. The van der Waals surface area contributed by atoms with Crippen LogP contribution in [0.5, 0.6) is 0 Å². The van der Waals surface area contributed by atoms with Crippen LogP contribution in [-0.2, 0) is 9.84 Å². The van der Waals surface area contributed by atoms with Crippen LogP contribution >= 0.6 is 0 Å². The van der Waals surface area contributed by atoms with Crippen LogP contribution in [0.25, 0.3) is 11.1 Å². The van der Waals surface area contributed by atoms with E-state index in [0.717, 1.165) is 5.56 Å². The summed E-state index contributed by atoms with van der Waals surface area (Å²) in [7, 11) is -3.33. The summed E-state index contributed by atoms with van der Waals surface area (Å²) in [6.45, 7) is 3.36. The van der Waals surface area contributed by atoms with Crippen LogP contribution in [-0.4, -0.2) is 13.7 Å². The minimum absolute atomic E-state index is 0.336. The first-order valence-corrected chi connectivity index (χ1v) is 7.67. The summed E-state index contributed by atoms with van der Waals surface area (Å²) in [6, 6.07) is 14.3. The van der Waals surface area contributed by atoms with Crippen molar-refractivity contribution in [3.05, 3.63) is 48.5 Å². The van der Waals surface area contributed by atoms with E-state index in [4.69, 9.17) is 5.73 Å². The number of hydrogen-bond donors (Lipinski definition) is 1. The number of anilines is 1. The van der Waals surface area contributed by atoms with Gasteiger partial charge in [0.15, 0.2) is 9.84 Å². The molecule has 0 aromatic heterocycles. The first kappa shape index (κ1) is 13.6. The maximum atomic E-state index is 12.4. The molecule has 0 saturated carbocycles. The third-order valence-electron chi connectivity index (χ3n) is 3.07. The lowest BCUT2D eigenvalue weighted by atomic mass is 10.0.